The Morgan fingerprint density at radius 3 is 1.93 bits per heavy atom. The molecule has 0 aliphatic heterocycles. The summed E-state index contributed by atoms with van der Waals surface area (Å²) in [5.41, 5.74) is 0.320. The van der Waals surface area contributed by atoms with Gasteiger partial charge in [-0.05, 0) is 48.5 Å². The number of rotatable bonds is 5. The Hall–Kier alpha value is -3.57. The van der Waals surface area contributed by atoms with Crippen molar-refractivity contribution < 1.29 is 19.0 Å². The molecular weight excluding hydrogens is 399 g/mol. The first kappa shape index (κ1) is 19.7. The Balaban J connectivity index is 1.70. The number of carbonyl (C=O) groups excluding carboxylic acids is 1. The van der Waals surface area contributed by atoms with Gasteiger partial charge in [0.25, 0.3) is 0 Å². The summed E-state index contributed by atoms with van der Waals surface area (Å²) < 4.78 is 18.8. The number of phenols is 1. The molecule has 0 unspecified atom stereocenters. The maximum absolute atomic E-state index is 13.5. The molecule has 0 saturated carbocycles. The van der Waals surface area contributed by atoms with Crippen molar-refractivity contribution in [2.75, 3.05) is 0 Å². The molecule has 5 heteroatoms. The van der Waals surface area contributed by atoms with Crippen LogP contribution in [0, 0.1) is 5.82 Å². The Labute approximate surface area is 176 Å². The molecule has 0 aliphatic carbocycles. The van der Waals surface area contributed by atoms with Crippen LogP contribution < -0.4 is 4.74 Å². The van der Waals surface area contributed by atoms with Gasteiger partial charge in [-0.25, -0.2) is 9.18 Å². The van der Waals surface area contributed by atoms with E-state index in [9.17, 15) is 14.3 Å². The lowest BCUT2D eigenvalue weighted by molar-refractivity contribution is 0.0728. The van der Waals surface area contributed by atoms with E-state index in [0.717, 1.165) is 20.8 Å². The van der Waals surface area contributed by atoms with Crippen LogP contribution in [-0.2, 0) is 10.9 Å². The zero-order chi connectivity index (χ0) is 20.9. The molecule has 0 aromatic heterocycles. The summed E-state index contributed by atoms with van der Waals surface area (Å²) in [6, 6.07) is 31.1. The summed E-state index contributed by atoms with van der Waals surface area (Å²) >= 11 is 0. The van der Waals surface area contributed by atoms with E-state index in [4.69, 9.17) is 4.74 Å². The molecule has 1 N–H and O–H groups in total. The molecule has 0 heterocycles. The van der Waals surface area contributed by atoms with Crippen LogP contribution in [0.2, 0.25) is 0 Å². The molecule has 4 aromatic carbocycles. The average Bonchev–Trinajstić information content (AvgIpc) is 2.79. The van der Waals surface area contributed by atoms with Crippen LogP contribution in [0.4, 0.5) is 4.39 Å². The van der Waals surface area contributed by atoms with E-state index in [0.29, 0.717) is 5.56 Å². The van der Waals surface area contributed by atoms with Crippen LogP contribution in [0.25, 0.3) is 0 Å². The summed E-state index contributed by atoms with van der Waals surface area (Å²) in [7, 11) is -0.413. The molecule has 0 fully saturated rings. The topological polar surface area (TPSA) is 46.5 Å². The fraction of sp³-hybridized carbons (Fsp3) is 0. The minimum Gasteiger partial charge on any atom is -0.502 e. The fourth-order valence-electron chi connectivity index (χ4n) is 3.01. The smallest absolute Gasteiger partial charge is 0.343 e. The van der Waals surface area contributed by atoms with Crippen molar-refractivity contribution in [1.82, 2.24) is 0 Å². The molecule has 0 spiro atoms. The van der Waals surface area contributed by atoms with Gasteiger partial charge >= 0.3 is 5.97 Å². The Morgan fingerprint density at radius 1 is 0.733 bits per heavy atom. The van der Waals surface area contributed by atoms with Crippen LogP contribution in [-0.4, -0.2) is 11.1 Å². The lowest BCUT2D eigenvalue weighted by atomic mass is 10.2. The third kappa shape index (κ3) is 4.21. The fourth-order valence-corrected chi connectivity index (χ4v) is 5.14. The first-order valence-corrected chi connectivity index (χ1v) is 10.5. The minimum atomic E-state index is -0.844. The van der Waals surface area contributed by atoms with E-state index in [2.05, 4.69) is 24.3 Å². The molecule has 0 atom stereocenters. The molecule has 0 radical (unpaired) electrons. The van der Waals surface area contributed by atoms with Crippen LogP contribution in [0.5, 0.6) is 11.5 Å². The molecule has 0 aliphatic rings. The number of carbonyl (C=O) groups is 1. The predicted molar refractivity (Wildman–Crippen MR) is 115 cm³/mol. The number of ether oxygens (including phenoxy) is 1. The molecule has 4 aromatic rings. The largest absolute Gasteiger partial charge is 0.502 e. The number of hydrogen-bond acceptors (Lipinski definition) is 3. The first-order valence-electron chi connectivity index (χ1n) is 9.27. The highest BCUT2D eigenvalue weighted by Gasteiger charge is 2.29. The van der Waals surface area contributed by atoms with Gasteiger partial charge in [0, 0.05) is 6.07 Å². The Bertz CT molecular complexity index is 1120. The van der Waals surface area contributed by atoms with Crippen molar-refractivity contribution in [3.8, 4) is 11.5 Å². The van der Waals surface area contributed by atoms with Crippen molar-refractivity contribution in [1.29, 1.82) is 0 Å². The standard InChI is InChI=1S/C25H17FO3S/c26-22-15-8-16-23(24(22)27)29-25(28)18-9-7-14-21(17-18)30(19-10-3-1-4-11-19)20-12-5-2-6-13-20/h1-17H/p+1. The minimum absolute atomic E-state index is 0.212. The van der Waals surface area contributed by atoms with Crippen molar-refractivity contribution >= 4 is 16.9 Å². The van der Waals surface area contributed by atoms with Crippen molar-refractivity contribution in [2.45, 2.75) is 14.7 Å². The van der Waals surface area contributed by atoms with Crippen LogP contribution >= 0.6 is 0 Å². The van der Waals surface area contributed by atoms with Gasteiger partial charge in [0.15, 0.2) is 32.0 Å². The maximum atomic E-state index is 13.5. The highest BCUT2D eigenvalue weighted by atomic mass is 32.2. The van der Waals surface area contributed by atoms with Gasteiger partial charge in [0.1, 0.15) is 0 Å². The van der Waals surface area contributed by atoms with E-state index in [1.165, 1.54) is 12.1 Å². The average molecular weight is 417 g/mol. The number of halogens is 1. The third-order valence-corrected chi connectivity index (χ3v) is 6.63. The van der Waals surface area contributed by atoms with Gasteiger partial charge in [-0.3, -0.25) is 0 Å². The SMILES string of the molecule is O=C(Oc1cccc(F)c1O)c1cccc([S+](c2ccccc2)c2ccccc2)c1. The first-order chi connectivity index (χ1) is 14.6. The van der Waals surface area contributed by atoms with Crippen LogP contribution in [0.15, 0.2) is 118 Å². The highest BCUT2D eigenvalue weighted by molar-refractivity contribution is 7.97. The lowest BCUT2D eigenvalue weighted by Gasteiger charge is -2.10. The second-order valence-corrected chi connectivity index (χ2v) is 8.46. The van der Waals surface area contributed by atoms with Crippen molar-refractivity contribution in [3.05, 3.63) is 115 Å². The molecule has 0 saturated heterocycles. The summed E-state index contributed by atoms with van der Waals surface area (Å²) in [6.07, 6.45) is 0. The highest BCUT2D eigenvalue weighted by Crippen LogP contribution is 2.32. The summed E-state index contributed by atoms with van der Waals surface area (Å²) in [5.74, 6) is -2.41. The van der Waals surface area contributed by atoms with E-state index in [1.807, 2.05) is 42.5 Å². The molecular formula is C25H18FO3S+. The van der Waals surface area contributed by atoms with Gasteiger partial charge < -0.3 is 9.84 Å². The van der Waals surface area contributed by atoms with Gasteiger partial charge in [-0.1, -0.05) is 48.5 Å². The van der Waals surface area contributed by atoms with Crippen LogP contribution in [0.3, 0.4) is 0 Å². The summed E-state index contributed by atoms with van der Waals surface area (Å²) in [4.78, 5) is 15.9. The number of aromatic hydroxyl groups is 1. The van der Waals surface area contributed by atoms with Crippen molar-refractivity contribution in [2.24, 2.45) is 0 Å². The maximum Gasteiger partial charge on any atom is 0.343 e. The molecule has 30 heavy (non-hydrogen) atoms. The van der Waals surface area contributed by atoms with E-state index >= 15 is 0 Å². The second-order valence-electron chi connectivity index (χ2n) is 6.44. The zero-order valence-corrected chi connectivity index (χ0v) is 16.7. The number of esters is 1. The molecule has 4 rings (SSSR count). The molecule has 0 bridgehead atoms. The Kier molecular flexibility index (Phi) is 5.82. The summed E-state index contributed by atoms with van der Waals surface area (Å²) in [6.45, 7) is 0. The van der Waals surface area contributed by atoms with Gasteiger partial charge in [-0.15, -0.1) is 0 Å². The van der Waals surface area contributed by atoms with E-state index in [1.54, 1.807) is 18.2 Å². The van der Waals surface area contributed by atoms with E-state index < -0.39 is 28.4 Å². The van der Waals surface area contributed by atoms with E-state index in [-0.39, 0.29) is 5.75 Å². The predicted octanol–water partition coefficient (Wildman–Crippen LogP) is 5.85. The zero-order valence-electron chi connectivity index (χ0n) is 15.9. The number of benzene rings is 4. The third-order valence-electron chi connectivity index (χ3n) is 4.42. The lowest BCUT2D eigenvalue weighted by Crippen LogP contribution is -2.11. The van der Waals surface area contributed by atoms with Crippen molar-refractivity contribution in [3.63, 3.8) is 0 Å². The molecule has 0 amide bonds. The Morgan fingerprint density at radius 2 is 1.30 bits per heavy atom. The summed E-state index contributed by atoms with van der Waals surface area (Å²) in [5, 5.41) is 9.78. The monoisotopic (exact) mass is 417 g/mol. The normalized spacial score (nSPS) is 10.7. The van der Waals surface area contributed by atoms with Gasteiger partial charge in [0.2, 0.25) is 0 Å². The number of phenolic OH excluding ortho intramolecular Hbond substituents is 1. The quantitative estimate of drug-likeness (QED) is 0.252. The van der Waals surface area contributed by atoms with Gasteiger partial charge in [0.05, 0.1) is 16.5 Å². The number of para-hydroxylation sites is 1. The molecule has 148 valence electrons. The second kappa shape index (κ2) is 8.84. The van der Waals surface area contributed by atoms with Gasteiger partial charge in [-0.2, -0.15) is 0 Å². The molecule has 3 nitrogen and oxygen atoms in total. The van der Waals surface area contributed by atoms with Crippen LogP contribution in [0.1, 0.15) is 10.4 Å². The number of hydrogen-bond donors (Lipinski definition) is 1.